The molecule has 0 saturated carbocycles. The minimum Gasteiger partial charge on any atom is -0.395 e. The van der Waals surface area contributed by atoms with Crippen molar-refractivity contribution in [1.29, 1.82) is 0 Å². The molecule has 0 radical (unpaired) electrons. The smallest absolute Gasteiger partial charge is 0.178 e. The minimum absolute atomic E-state index is 0.662. The summed E-state index contributed by atoms with van der Waals surface area (Å²) in [7, 11) is 0. The average molecular weight is 231 g/mol. The van der Waals surface area contributed by atoms with E-state index < -0.39 is 0 Å². The van der Waals surface area contributed by atoms with Gasteiger partial charge in [-0.1, -0.05) is 13.8 Å². The van der Waals surface area contributed by atoms with Crippen molar-refractivity contribution in [2.45, 2.75) is 33.6 Å². The van der Waals surface area contributed by atoms with E-state index in [1.165, 1.54) is 0 Å². The second-order valence-electron chi connectivity index (χ2n) is 3.93. The molecule has 0 unspecified atom stereocenters. The molecule has 17 heavy (non-hydrogen) atoms. The van der Waals surface area contributed by atoms with Crippen LogP contribution in [0.5, 0.6) is 0 Å². The summed E-state index contributed by atoms with van der Waals surface area (Å²) >= 11 is 0. The van der Waals surface area contributed by atoms with Crippen molar-refractivity contribution >= 4 is 5.69 Å². The van der Waals surface area contributed by atoms with Crippen molar-refractivity contribution in [3.63, 3.8) is 0 Å². The molecule has 0 aromatic carbocycles. The second kappa shape index (κ2) is 4.53. The van der Waals surface area contributed by atoms with Gasteiger partial charge in [0.05, 0.1) is 5.69 Å². The maximum atomic E-state index is 6.04. The van der Waals surface area contributed by atoms with Gasteiger partial charge in [0.15, 0.2) is 11.6 Å². The molecule has 0 aliphatic carbocycles. The van der Waals surface area contributed by atoms with Crippen molar-refractivity contribution < 1.29 is 0 Å². The van der Waals surface area contributed by atoms with Crippen LogP contribution in [0, 0.1) is 6.92 Å². The van der Waals surface area contributed by atoms with Gasteiger partial charge in [0.1, 0.15) is 5.82 Å². The van der Waals surface area contributed by atoms with Gasteiger partial charge in [-0.15, -0.1) is 5.10 Å². The van der Waals surface area contributed by atoms with Gasteiger partial charge >= 0.3 is 0 Å². The van der Waals surface area contributed by atoms with E-state index in [0.29, 0.717) is 11.5 Å². The van der Waals surface area contributed by atoms with Crippen LogP contribution < -0.4 is 5.73 Å². The summed E-state index contributed by atoms with van der Waals surface area (Å²) in [5.74, 6) is 2.39. The molecule has 0 atom stereocenters. The van der Waals surface area contributed by atoms with E-state index in [4.69, 9.17) is 5.73 Å². The van der Waals surface area contributed by atoms with Gasteiger partial charge in [-0.3, -0.25) is 0 Å². The minimum atomic E-state index is 0.662. The van der Waals surface area contributed by atoms with E-state index in [-0.39, 0.29) is 0 Å². The number of nitrogens with zero attached hydrogens (tertiary/aromatic N) is 4. The fraction of sp³-hybridized carbons (Fsp3) is 0.417. The first-order valence-electron chi connectivity index (χ1n) is 5.83. The van der Waals surface area contributed by atoms with E-state index in [1.54, 1.807) is 10.9 Å². The number of pyridine rings is 1. The molecule has 2 rings (SSSR count). The van der Waals surface area contributed by atoms with Gasteiger partial charge in [-0.25, -0.2) is 9.97 Å². The van der Waals surface area contributed by atoms with Crippen LogP contribution in [0.2, 0.25) is 0 Å². The molecule has 2 N–H and O–H groups in total. The van der Waals surface area contributed by atoms with E-state index in [1.807, 2.05) is 26.8 Å². The fourth-order valence-electron chi connectivity index (χ4n) is 1.66. The Bertz CT molecular complexity index is 530. The van der Waals surface area contributed by atoms with Crippen molar-refractivity contribution in [3.8, 4) is 5.82 Å². The molecular weight excluding hydrogens is 214 g/mol. The third kappa shape index (κ3) is 2.00. The van der Waals surface area contributed by atoms with Crippen LogP contribution >= 0.6 is 0 Å². The highest BCUT2D eigenvalue weighted by Gasteiger charge is 2.13. The fourth-order valence-corrected chi connectivity index (χ4v) is 1.66. The molecule has 2 heterocycles. The first kappa shape index (κ1) is 11.6. The maximum Gasteiger partial charge on any atom is 0.178 e. The van der Waals surface area contributed by atoms with Crippen molar-refractivity contribution in [3.05, 3.63) is 29.5 Å². The number of nitrogens with two attached hydrogens (primary N) is 1. The normalized spacial score (nSPS) is 10.8. The standard InChI is InChI=1S/C12H17N5/c1-4-9-15-10(5-2)17(16-9)12-11(13)8(3)6-7-14-12/h6-7H,4-5,13H2,1-3H3. The first-order valence-corrected chi connectivity index (χ1v) is 5.83. The lowest BCUT2D eigenvalue weighted by atomic mass is 10.2. The quantitative estimate of drug-likeness (QED) is 0.872. The highest BCUT2D eigenvalue weighted by Crippen LogP contribution is 2.19. The molecular formula is C12H17N5. The molecule has 0 spiro atoms. The number of aromatic nitrogens is 4. The van der Waals surface area contributed by atoms with Crippen LogP contribution in [-0.4, -0.2) is 19.7 Å². The zero-order chi connectivity index (χ0) is 12.4. The van der Waals surface area contributed by atoms with Crippen molar-refractivity contribution in [2.24, 2.45) is 0 Å². The molecule has 0 saturated heterocycles. The second-order valence-corrected chi connectivity index (χ2v) is 3.93. The van der Waals surface area contributed by atoms with Crippen LogP contribution in [0.15, 0.2) is 12.3 Å². The molecule has 90 valence electrons. The number of nitrogen functional groups attached to an aromatic ring is 1. The molecule has 0 fully saturated rings. The summed E-state index contributed by atoms with van der Waals surface area (Å²) in [6.45, 7) is 6.04. The molecule has 2 aromatic heterocycles. The molecule has 5 nitrogen and oxygen atoms in total. The topological polar surface area (TPSA) is 69.6 Å². The predicted octanol–water partition coefficient (Wildman–Crippen LogP) is 1.68. The molecule has 0 aliphatic heterocycles. The zero-order valence-corrected chi connectivity index (χ0v) is 10.4. The van der Waals surface area contributed by atoms with Crippen molar-refractivity contribution in [2.75, 3.05) is 5.73 Å². The van der Waals surface area contributed by atoms with Crippen LogP contribution in [0.25, 0.3) is 5.82 Å². The van der Waals surface area contributed by atoms with E-state index >= 15 is 0 Å². The Morgan fingerprint density at radius 1 is 1.29 bits per heavy atom. The molecule has 0 amide bonds. The Labute approximate surface area is 101 Å². The largest absolute Gasteiger partial charge is 0.395 e. The van der Waals surface area contributed by atoms with Gasteiger partial charge in [0.25, 0.3) is 0 Å². The van der Waals surface area contributed by atoms with Gasteiger partial charge in [-0.05, 0) is 18.6 Å². The summed E-state index contributed by atoms with van der Waals surface area (Å²) < 4.78 is 1.75. The lowest BCUT2D eigenvalue weighted by molar-refractivity contribution is 0.770. The highest BCUT2D eigenvalue weighted by atomic mass is 15.4. The number of anilines is 1. The van der Waals surface area contributed by atoms with Gasteiger partial charge in [0, 0.05) is 19.0 Å². The van der Waals surface area contributed by atoms with Crippen LogP contribution in [-0.2, 0) is 12.8 Å². The van der Waals surface area contributed by atoms with Gasteiger partial charge in [0.2, 0.25) is 0 Å². The third-order valence-electron chi connectivity index (χ3n) is 2.74. The Morgan fingerprint density at radius 3 is 2.71 bits per heavy atom. The van der Waals surface area contributed by atoms with Gasteiger partial charge in [-0.2, -0.15) is 4.68 Å². The van der Waals surface area contributed by atoms with Crippen LogP contribution in [0.4, 0.5) is 5.69 Å². The number of hydrogen-bond donors (Lipinski definition) is 1. The van der Waals surface area contributed by atoms with Crippen LogP contribution in [0.3, 0.4) is 0 Å². The third-order valence-corrected chi connectivity index (χ3v) is 2.74. The Balaban J connectivity index is 2.59. The number of rotatable bonds is 3. The highest BCUT2D eigenvalue weighted by molar-refractivity contribution is 5.57. The zero-order valence-electron chi connectivity index (χ0n) is 10.4. The number of aryl methyl sites for hydroxylation is 3. The SMILES string of the molecule is CCc1nc(CC)n(-c2nccc(C)c2N)n1. The average Bonchev–Trinajstić information content (AvgIpc) is 2.76. The predicted molar refractivity (Wildman–Crippen MR) is 67.1 cm³/mol. The molecule has 2 aromatic rings. The van der Waals surface area contributed by atoms with Crippen LogP contribution in [0.1, 0.15) is 31.1 Å². The Morgan fingerprint density at radius 2 is 2.06 bits per heavy atom. The van der Waals surface area contributed by atoms with E-state index in [2.05, 4.69) is 15.1 Å². The first-order chi connectivity index (χ1) is 8.17. The molecule has 0 bridgehead atoms. The van der Waals surface area contributed by atoms with E-state index in [9.17, 15) is 0 Å². The summed E-state index contributed by atoms with van der Waals surface area (Å²) in [6, 6.07) is 1.89. The monoisotopic (exact) mass is 231 g/mol. The summed E-state index contributed by atoms with van der Waals surface area (Å²) in [5, 5.41) is 4.43. The maximum absolute atomic E-state index is 6.04. The Kier molecular flexibility index (Phi) is 3.08. The lowest BCUT2D eigenvalue weighted by Gasteiger charge is -2.08. The summed E-state index contributed by atoms with van der Waals surface area (Å²) in [6.07, 6.45) is 3.36. The lowest BCUT2D eigenvalue weighted by Crippen LogP contribution is -2.08. The Hall–Kier alpha value is -1.91. The summed E-state index contributed by atoms with van der Waals surface area (Å²) in [5.41, 5.74) is 7.70. The van der Waals surface area contributed by atoms with Crippen molar-refractivity contribution in [1.82, 2.24) is 19.7 Å². The molecule has 5 heteroatoms. The number of hydrogen-bond acceptors (Lipinski definition) is 4. The summed E-state index contributed by atoms with van der Waals surface area (Å²) in [4.78, 5) is 8.75. The van der Waals surface area contributed by atoms with Gasteiger partial charge < -0.3 is 5.73 Å². The van der Waals surface area contributed by atoms with E-state index in [0.717, 1.165) is 30.1 Å². The molecule has 0 aliphatic rings.